The van der Waals surface area contributed by atoms with Crippen LogP contribution in [0.3, 0.4) is 0 Å². The molecule has 0 radical (unpaired) electrons. The third-order valence-corrected chi connectivity index (χ3v) is 8.81. The Morgan fingerprint density at radius 1 is 0.976 bits per heavy atom. The van der Waals surface area contributed by atoms with E-state index in [1.165, 1.54) is 11.3 Å². The quantitative estimate of drug-likeness (QED) is 0.215. The van der Waals surface area contributed by atoms with Crippen molar-refractivity contribution < 1.29 is 19.0 Å². The summed E-state index contributed by atoms with van der Waals surface area (Å²) in [5.41, 5.74) is -0.170. The molecule has 0 N–H and O–H groups in total. The Kier molecular flexibility index (Phi) is 8.14. The van der Waals surface area contributed by atoms with E-state index >= 15 is 0 Å². The molecule has 4 aromatic rings. The molecule has 5 rings (SSSR count). The molecule has 0 spiro atoms. The first-order chi connectivity index (χ1) is 19.4. The van der Waals surface area contributed by atoms with Crippen LogP contribution < -0.4 is 4.74 Å². The van der Waals surface area contributed by atoms with E-state index in [2.05, 4.69) is 46.6 Å². The highest BCUT2D eigenvalue weighted by Gasteiger charge is 2.55. The third-order valence-electron chi connectivity index (χ3n) is 6.59. The number of nitrogens with zero attached hydrogens (tertiary/aromatic N) is 3. The van der Waals surface area contributed by atoms with E-state index in [1.807, 2.05) is 84.0 Å². The van der Waals surface area contributed by atoms with Crippen molar-refractivity contribution in [1.29, 1.82) is 0 Å². The molecule has 1 amide bonds. The molecule has 41 heavy (non-hydrogen) atoms. The molecule has 0 saturated carbocycles. The number of rotatable bonds is 7. The van der Waals surface area contributed by atoms with Crippen LogP contribution >= 0.6 is 23.1 Å². The van der Waals surface area contributed by atoms with Crippen molar-refractivity contribution in [3.63, 3.8) is 0 Å². The summed E-state index contributed by atoms with van der Waals surface area (Å²) >= 11 is 3.14. The van der Waals surface area contributed by atoms with E-state index in [0.29, 0.717) is 18.2 Å². The van der Waals surface area contributed by atoms with Gasteiger partial charge in [0.2, 0.25) is 0 Å². The van der Waals surface area contributed by atoms with Crippen LogP contribution in [0.15, 0.2) is 88.7 Å². The van der Waals surface area contributed by atoms with Crippen LogP contribution in [0.2, 0.25) is 0 Å². The lowest BCUT2D eigenvalue weighted by Gasteiger charge is -2.39. The number of hydrogen-bond donors (Lipinski definition) is 0. The number of aromatic nitrogens is 2. The Bertz CT molecular complexity index is 1500. The molecule has 3 aromatic carbocycles. The van der Waals surface area contributed by atoms with Crippen LogP contribution in [0.25, 0.3) is 10.6 Å². The number of hydrogen-bond acceptors (Lipinski definition) is 8. The average Bonchev–Trinajstić information content (AvgIpc) is 3.51. The smallest absolute Gasteiger partial charge is 0.413 e. The van der Waals surface area contributed by atoms with E-state index in [-0.39, 0.29) is 0 Å². The number of benzene rings is 3. The van der Waals surface area contributed by atoms with Crippen LogP contribution in [-0.4, -0.2) is 39.1 Å². The van der Waals surface area contributed by atoms with Gasteiger partial charge in [-0.05, 0) is 77.4 Å². The van der Waals surface area contributed by atoms with Gasteiger partial charge in [-0.3, -0.25) is 4.90 Å². The molecule has 214 valence electrons. The Morgan fingerprint density at radius 3 is 2.41 bits per heavy atom. The molecule has 1 saturated heterocycles. The molecule has 1 fully saturated rings. The second-order valence-electron chi connectivity index (χ2n) is 11.6. The Morgan fingerprint density at radius 2 is 1.71 bits per heavy atom. The minimum absolute atomic E-state index is 0.303. The molecule has 1 aliphatic heterocycles. The van der Waals surface area contributed by atoms with Gasteiger partial charge in [-0.1, -0.05) is 71.6 Å². The average molecular weight is 590 g/mol. The molecular formula is C32H35N3O4S2. The second kappa shape index (κ2) is 11.5. The summed E-state index contributed by atoms with van der Waals surface area (Å²) in [5, 5.41) is 10.5. The summed E-state index contributed by atoms with van der Waals surface area (Å²) in [5.74, 6) is 0.838. The lowest BCUT2D eigenvalue weighted by Crippen LogP contribution is -2.54. The maximum atomic E-state index is 13.2. The molecule has 2 heterocycles. The maximum absolute atomic E-state index is 13.2. The van der Waals surface area contributed by atoms with Gasteiger partial charge >= 0.3 is 6.09 Å². The van der Waals surface area contributed by atoms with Gasteiger partial charge in [0.05, 0.1) is 6.61 Å². The van der Waals surface area contributed by atoms with E-state index in [1.54, 1.807) is 16.7 Å². The lowest BCUT2D eigenvalue weighted by atomic mass is 10.0. The van der Waals surface area contributed by atoms with Gasteiger partial charge < -0.3 is 14.2 Å². The molecule has 0 bridgehead atoms. The molecule has 1 unspecified atom stereocenters. The fourth-order valence-electron chi connectivity index (χ4n) is 4.65. The largest absolute Gasteiger partial charge is 0.489 e. The summed E-state index contributed by atoms with van der Waals surface area (Å²) in [4.78, 5) is 17.1. The fourth-order valence-corrected chi connectivity index (χ4v) is 6.49. The molecule has 9 heteroatoms. The highest BCUT2D eigenvalue weighted by molar-refractivity contribution is 7.99. The standard InChI is InChI=1S/C32H35N3O4S2/c1-30(2,3)39-29(36)35-31(4,5)38-21-32(35,6)28-34-33-27(41-28)23-15-17-25(18-16-23)40-26-14-10-13-24(19-26)37-20-22-11-8-7-9-12-22/h7-19H,20-21H2,1-6H3. The topological polar surface area (TPSA) is 73.8 Å². The second-order valence-corrected chi connectivity index (χ2v) is 13.7. The summed E-state index contributed by atoms with van der Waals surface area (Å²) < 4.78 is 17.8. The number of ether oxygens (including phenoxy) is 3. The first kappa shape index (κ1) is 29.1. The minimum Gasteiger partial charge on any atom is -0.489 e. The molecular weight excluding hydrogens is 555 g/mol. The zero-order valence-electron chi connectivity index (χ0n) is 24.2. The number of amides is 1. The highest BCUT2D eigenvalue weighted by Crippen LogP contribution is 2.44. The first-order valence-electron chi connectivity index (χ1n) is 13.5. The van der Waals surface area contributed by atoms with Crippen LogP contribution in [0.1, 0.15) is 52.1 Å². The number of carbonyl (C=O) groups excluding carboxylic acids is 1. The van der Waals surface area contributed by atoms with E-state index in [0.717, 1.165) is 31.7 Å². The van der Waals surface area contributed by atoms with Gasteiger partial charge in [0.15, 0.2) is 0 Å². The van der Waals surface area contributed by atoms with Crippen molar-refractivity contribution >= 4 is 29.2 Å². The maximum Gasteiger partial charge on any atom is 0.413 e. The first-order valence-corrected chi connectivity index (χ1v) is 15.1. The van der Waals surface area contributed by atoms with Crippen LogP contribution in [0, 0.1) is 0 Å². The van der Waals surface area contributed by atoms with Gasteiger partial charge in [-0.25, -0.2) is 4.79 Å². The number of carbonyl (C=O) groups is 1. The predicted octanol–water partition coefficient (Wildman–Crippen LogP) is 8.15. The van der Waals surface area contributed by atoms with Crippen molar-refractivity contribution in [1.82, 2.24) is 15.1 Å². The van der Waals surface area contributed by atoms with Crippen molar-refractivity contribution in [2.24, 2.45) is 0 Å². The van der Waals surface area contributed by atoms with Crippen LogP contribution in [0.5, 0.6) is 5.75 Å². The lowest BCUT2D eigenvalue weighted by molar-refractivity contribution is -0.0685. The summed E-state index contributed by atoms with van der Waals surface area (Å²) in [6.45, 7) is 12.1. The van der Waals surface area contributed by atoms with Gasteiger partial charge in [0.1, 0.15) is 39.2 Å². The van der Waals surface area contributed by atoms with E-state index in [9.17, 15) is 4.79 Å². The molecule has 1 atom stereocenters. The predicted molar refractivity (Wildman–Crippen MR) is 162 cm³/mol. The zero-order valence-corrected chi connectivity index (χ0v) is 25.8. The van der Waals surface area contributed by atoms with Crippen molar-refractivity contribution in [2.75, 3.05) is 6.61 Å². The molecule has 0 aliphatic carbocycles. The molecule has 1 aliphatic rings. The van der Waals surface area contributed by atoms with Crippen LogP contribution in [-0.2, 0) is 21.6 Å². The Hall–Kier alpha value is -3.40. The van der Waals surface area contributed by atoms with Gasteiger partial charge in [-0.2, -0.15) is 0 Å². The summed E-state index contributed by atoms with van der Waals surface area (Å²) in [6, 6.07) is 26.5. The summed E-state index contributed by atoms with van der Waals surface area (Å²) in [7, 11) is 0. The Balaban J connectivity index is 1.28. The van der Waals surface area contributed by atoms with Crippen LogP contribution in [0.4, 0.5) is 4.79 Å². The van der Waals surface area contributed by atoms with Gasteiger partial charge in [0.25, 0.3) is 0 Å². The third kappa shape index (κ3) is 6.74. The SMILES string of the molecule is CC(C)(C)OC(=O)N1C(C)(C)OCC1(C)c1nnc(-c2ccc(Sc3cccc(OCc4ccccc4)c3)cc2)s1. The minimum atomic E-state index is -0.842. The van der Waals surface area contributed by atoms with Crippen molar-refractivity contribution in [3.8, 4) is 16.3 Å². The zero-order chi connectivity index (χ0) is 29.3. The van der Waals surface area contributed by atoms with Gasteiger partial charge in [0, 0.05) is 15.4 Å². The van der Waals surface area contributed by atoms with E-state index < -0.39 is 23.0 Å². The fraction of sp³-hybridized carbons (Fsp3) is 0.344. The molecule has 1 aromatic heterocycles. The Labute approximate surface area is 249 Å². The summed E-state index contributed by atoms with van der Waals surface area (Å²) in [6.07, 6.45) is -0.435. The molecule has 7 nitrogen and oxygen atoms in total. The monoisotopic (exact) mass is 589 g/mol. The van der Waals surface area contributed by atoms with E-state index in [4.69, 9.17) is 14.2 Å². The normalized spacial score (nSPS) is 18.3. The van der Waals surface area contributed by atoms with Crippen molar-refractivity contribution in [3.05, 3.63) is 89.4 Å². The van der Waals surface area contributed by atoms with Gasteiger partial charge in [-0.15, -0.1) is 10.2 Å². The highest BCUT2D eigenvalue weighted by atomic mass is 32.2. The van der Waals surface area contributed by atoms with Crippen molar-refractivity contribution in [2.45, 2.75) is 74.8 Å².